The number of hydrogen-bond donors (Lipinski definition) is 3. The summed E-state index contributed by atoms with van der Waals surface area (Å²) in [4.78, 5) is 14.9. The Morgan fingerprint density at radius 3 is 2.45 bits per heavy atom. The van der Waals surface area contributed by atoms with Gasteiger partial charge in [0.1, 0.15) is 17.0 Å². The number of carboxylic acid groups (broad SMARTS) is 1. The number of pyridine rings is 1. The van der Waals surface area contributed by atoms with Gasteiger partial charge in [0.05, 0.1) is 0 Å². The van der Waals surface area contributed by atoms with Crippen LogP contribution >= 0.6 is 0 Å². The lowest BCUT2D eigenvalue weighted by molar-refractivity contribution is 0.0690. The highest BCUT2D eigenvalue weighted by molar-refractivity contribution is 5.97. The van der Waals surface area contributed by atoms with E-state index in [1.165, 1.54) is 6.07 Å². The topological polar surface area (TPSA) is 90.7 Å². The van der Waals surface area contributed by atoms with E-state index in [4.69, 9.17) is 5.11 Å². The number of aryl methyl sites for hydroxylation is 1. The average molecular weight is 295 g/mol. The molecule has 3 aromatic rings. The second kappa shape index (κ2) is 5.04. The molecule has 0 fully saturated rings. The predicted molar refractivity (Wildman–Crippen MR) is 82.2 cm³/mol. The number of benzene rings is 2. The molecule has 0 unspecified atom stereocenters. The molecule has 22 heavy (non-hydrogen) atoms. The molecule has 0 saturated heterocycles. The maximum Gasteiger partial charge on any atom is 0.354 e. The zero-order chi connectivity index (χ0) is 15.9. The van der Waals surface area contributed by atoms with Crippen LogP contribution in [0.15, 0.2) is 42.5 Å². The largest absolute Gasteiger partial charge is 0.507 e. The summed E-state index contributed by atoms with van der Waals surface area (Å²) in [5.74, 6) is -1.67. The van der Waals surface area contributed by atoms with E-state index in [1.54, 1.807) is 6.07 Å². The minimum Gasteiger partial charge on any atom is -0.507 e. The van der Waals surface area contributed by atoms with Crippen molar-refractivity contribution in [3.05, 3.63) is 53.7 Å². The maximum atomic E-state index is 11.0. The summed E-state index contributed by atoms with van der Waals surface area (Å²) in [6.07, 6.45) is 0. The molecule has 5 heteroatoms. The van der Waals surface area contributed by atoms with Gasteiger partial charge in [-0.2, -0.15) is 0 Å². The van der Waals surface area contributed by atoms with E-state index in [0.717, 1.165) is 17.2 Å². The summed E-state index contributed by atoms with van der Waals surface area (Å²) >= 11 is 0. The van der Waals surface area contributed by atoms with Gasteiger partial charge in [0.2, 0.25) is 0 Å². The third-order valence-electron chi connectivity index (χ3n) is 3.44. The molecular weight excluding hydrogens is 282 g/mol. The van der Waals surface area contributed by atoms with Crippen LogP contribution in [0.3, 0.4) is 0 Å². The smallest absolute Gasteiger partial charge is 0.354 e. The number of aromatic carboxylic acids is 1. The normalized spacial score (nSPS) is 10.8. The van der Waals surface area contributed by atoms with Crippen molar-refractivity contribution in [3.63, 3.8) is 0 Å². The van der Waals surface area contributed by atoms with Crippen LogP contribution in [0.4, 0.5) is 0 Å². The van der Waals surface area contributed by atoms with E-state index in [0.29, 0.717) is 10.9 Å². The summed E-state index contributed by atoms with van der Waals surface area (Å²) in [5, 5.41) is 29.5. The minimum absolute atomic E-state index is 0.0637. The molecule has 0 bridgehead atoms. The third-order valence-corrected chi connectivity index (χ3v) is 3.44. The molecule has 0 amide bonds. The molecule has 0 spiro atoms. The Bertz CT molecular complexity index is 903. The van der Waals surface area contributed by atoms with E-state index < -0.39 is 5.97 Å². The average Bonchev–Trinajstić information content (AvgIpc) is 2.47. The monoisotopic (exact) mass is 295 g/mol. The number of fused-ring (bicyclic) bond motifs is 1. The molecule has 3 rings (SSSR count). The van der Waals surface area contributed by atoms with Crippen LogP contribution in [0.5, 0.6) is 11.5 Å². The van der Waals surface area contributed by atoms with Crippen LogP contribution in [0.2, 0.25) is 0 Å². The molecule has 0 radical (unpaired) electrons. The Balaban J connectivity index is 2.27. The second-order valence-electron chi connectivity index (χ2n) is 5.09. The van der Waals surface area contributed by atoms with Crippen LogP contribution in [0.25, 0.3) is 22.0 Å². The second-order valence-corrected chi connectivity index (χ2v) is 5.09. The minimum atomic E-state index is -1.26. The van der Waals surface area contributed by atoms with Gasteiger partial charge in [-0.05, 0) is 30.2 Å². The number of carboxylic acids is 1. The number of carbonyl (C=O) groups is 1. The standard InChI is InChI=1S/C17H13NO4/c1-9-3-2-4-10(5-9)11-6-12-14(19)8-13(17(21)22)18-16(12)15(20)7-11/h2-8,20H,1H3,(H,18,19)(H,21,22). The van der Waals surface area contributed by atoms with Gasteiger partial charge in [-0.15, -0.1) is 0 Å². The fourth-order valence-electron chi connectivity index (χ4n) is 2.39. The first-order valence-corrected chi connectivity index (χ1v) is 6.63. The molecule has 0 aliphatic rings. The zero-order valence-corrected chi connectivity index (χ0v) is 11.7. The molecule has 1 aromatic heterocycles. The molecule has 0 aliphatic carbocycles. The molecule has 1 heterocycles. The highest BCUT2D eigenvalue weighted by atomic mass is 16.4. The SMILES string of the molecule is Cc1cccc(-c2cc(O)c3nc(C(=O)O)cc(O)c3c2)c1. The molecule has 0 atom stereocenters. The van der Waals surface area contributed by atoms with E-state index in [-0.39, 0.29) is 22.7 Å². The predicted octanol–water partition coefficient (Wildman–Crippen LogP) is 3.32. The summed E-state index contributed by atoms with van der Waals surface area (Å²) in [6, 6.07) is 12.0. The van der Waals surface area contributed by atoms with Crippen molar-refractivity contribution in [1.29, 1.82) is 0 Å². The van der Waals surface area contributed by atoms with Crippen LogP contribution in [0.1, 0.15) is 16.1 Å². The van der Waals surface area contributed by atoms with Crippen LogP contribution in [-0.2, 0) is 0 Å². The first kappa shape index (κ1) is 13.9. The molecule has 3 N–H and O–H groups in total. The Labute approximate surface area is 126 Å². The fourth-order valence-corrected chi connectivity index (χ4v) is 2.39. The van der Waals surface area contributed by atoms with Gasteiger partial charge in [-0.25, -0.2) is 9.78 Å². The van der Waals surface area contributed by atoms with Crippen molar-refractivity contribution in [2.45, 2.75) is 6.92 Å². The summed E-state index contributed by atoms with van der Waals surface area (Å²) < 4.78 is 0. The first-order chi connectivity index (χ1) is 10.5. The number of rotatable bonds is 2. The third kappa shape index (κ3) is 2.33. The number of aromatic hydroxyl groups is 2. The van der Waals surface area contributed by atoms with Crippen molar-refractivity contribution < 1.29 is 20.1 Å². The first-order valence-electron chi connectivity index (χ1n) is 6.63. The Hall–Kier alpha value is -3.08. The van der Waals surface area contributed by atoms with E-state index in [2.05, 4.69) is 4.98 Å². The molecule has 0 aliphatic heterocycles. The Kier molecular flexibility index (Phi) is 3.18. The van der Waals surface area contributed by atoms with Gasteiger partial charge in [0.25, 0.3) is 0 Å². The van der Waals surface area contributed by atoms with Gasteiger partial charge < -0.3 is 15.3 Å². The van der Waals surface area contributed by atoms with Gasteiger partial charge in [-0.3, -0.25) is 0 Å². The number of hydrogen-bond acceptors (Lipinski definition) is 4. The zero-order valence-electron chi connectivity index (χ0n) is 11.7. The van der Waals surface area contributed by atoms with Crippen molar-refractivity contribution in [1.82, 2.24) is 4.98 Å². The molecule has 0 saturated carbocycles. The number of phenols is 1. The lowest BCUT2D eigenvalue weighted by Gasteiger charge is -2.09. The van der Waals surface area contributed by atoms with E-state index in [9.17, 15) is 15.0 Å². The Morgan fingerprint density at radius 2 is 1.77 bits per heavy atom. The Morgan fingerprint density at radius 1 is 1.00 bits per heavy atom. The molecule has 110 valence electrons. The number of nitrogens with zero attached hydrogens (tertiary/aromatic N) is 1. The van der Waals surface area contributed by atoms with Crippen molar-refractivity contribution in [2.75, 3.05) is 0 Å². The van der Waals surface area contributed by atoms with Crippen LogP contribution < -0.4 is 0 Å². The van der Waals surface area contributed by atoms with Crippen LogP contribution in [-0.4, -0.2) is 26.3 Å². The van der Waals surface area contributed by atoms with Crippen molar-refractivity contribution >= 4 is 16.9 Å². The molecular formula is C17H13NO4. The van der Waals surface area contributed by atoms with Gasteiger partial charge in [0, 0.05) is 11.5 Å². The van der Waals surface area contributed by atoms with Crippen molar-refractivity contribution in [2.24, 2.45) is 0 Å². The molecule has 5 nitrogen and oxygen atoms in total. The number of phenolic OH excluding ortho intramolecular Hbond substituents is 1. The van der Waals surface area contributed by atoms with Gasteiger partial charge in [-0.1, -0.05) is 29.8 Å². The van der Waals surface area contributed by atoms with Gasteiger partial charge >= 0.3 is 5.97 Å². The summed E-state index contributed by atoms with van der Waals surface area (Å²) in [5.41, 5.74) is 2.42. The quantitative estimate of drug-likeness (QED) is 0.674. The molecule has 2 aromatic carbocycles. The lowest BCUT2D eigenvalue weighted by atomic mass is 10.0. The van der Waals surface area contributed by atoms with Crippen molar-refractivity contribution in [3.8, 4) is 22.6 Å². The highest BCUT2D eigenvalue weighted by Crippen LogP contribution is 2.35. The van der Waals surface area contributed by atoms with E-state index in [1.807, 2.05) is 31.2 Å². The highest BCUT2D eigenvalue weighted by Gasteiger charge is 2.14. The lowest BCUT2D eigenvalue weighted by Crippen LogP contribution is -2.00. The fraction of sp³-hybridized carbons (Fsp3) is 0.0588. The summed E-state index contributed by atoms with van der Waals surface area (Å²) in [6.45, 7) is 1.96. The van der Waals surface area contributed by atoms with Crippen LogP contribution in [0, 0.1) is 6.92 Å². The van der Waals surface area contributed by atoms with Gasteiger partial charge in [0.15, 0.2) is 5.69 Å². The number of aromatic nitrogens is 1. The maximum absolute atomic E-state index is 11.0. The summed E-state index contributed by atoms with van der Waals surface area (Å²) in [7, 11) is 0. The van der Waals surface area contributed by atoms with E-state index >= 15 is 0 Å².